The van der Waals surface area contributed by atoms with E-state index in [1.54, 1.807) is 0 Å². The van der Waals surface area contributed by atoms with Crippen molar-refractivity contribution < 1.29 is 28.6 Å². The van der Waals surface area contributed by atoms with E-state index in [2.05, 4.69) is 34.6 Å². The number of carbonyl (C=O) groups excluding carboxylic acids is 3. The summed E-state index contributed by atoms with van der Waals surface area (Å²) in [5.74, 6) is 0.865. The van der Waals surface area contributed by atoms with Crippen molar-refractivity contribution in [1.82, 2.24) is 0 Å². The van der Waals surface area contributed by atoms with Crippen molar-refractivity contribution in [2.75, 3.05) is 13.2 Å². The van der Waals surface area contributed by atoms with Crippen LogP contribution in [0.1, 0.15) is 317 Å². The Hall–Kier alpha value is -1.59. The number of unbranched alkanes of at least 4 members (excludes halogenated alkanes) is 34. The topological polar surface area (TPSA) is 78.9 Å². The van der Waals surface area contributed by atoms with Crippen LogP contribution in [-0.4, -0.2) is 37.2 Å². The van der Waals surface area contributed by atoms with Crippen LogP contribution in [0.4, 0.5) is 0 Å². The fraction of sp³-hybridized carbons (Fsp3) is 0.947. The van der Waals surface area contributed by atoms with E-state index in [9.17, 15) is 14.4 Å². The molecule has 0 spiro atoms. The van der Waals surface area contributed by atoms with Gasteiger partial charge in [-0.2, -0.15) is 0 Å². The molecule has 6 heteroatoms. The average Bonchev–Trinajstić information content (AvgIpc) is 3.28. The van der Waals surface area contributed by atoms with E-state index in [4.69, 9.17) is 14.2 Å². The SMILES string of the molecule is CCCCCCCCCCCCCCCCCCCC(=O)O[C@H](COC(=O)CCCCCCCCCCCCCCCCC(C)CC)COC(=O)CCCCCCCCC(C)CC. The minimum atomic E-state index is -0.763. The molecule has 0 rings (SSSR count). The molecule has 0 aromatic rings. The Balaban J connectivity index is 4.26. The van der Waals surface area contributed by atoms with E-state index in [1.807, 2.05) is 0 Å². The molecule has 374 valence electrons. The third-order valence-electron chi connectivity index (χ3n) is 13.7. The summed E-state index contributed by atoms with van der Waals surface area (Å²) in [6.07, 6.45) is 52.3. The Morgan fingerprint density at radius 2 is 0.556 bits per heavy atom. The Morgan fingerprint density at radius 3 is 0.825 bits per heavy atom. The smallest absolute Gasteiger partial charge is 0.306 e. The van der Waals surface area contributed by atoms with Crippen LogP contribution in [-0.2, 0) is 28.6 Å². The van der Waals surface area contributed by atoms with E-state index in [-0.39, 0.29) is 31.1 Å². The van der Waals surface area contributed by atoms with Gasteiger partial charge >= 0.3 is 17.9 Å². The van der Waals surface area contributed by atoms with Gasteiger partial charge in [-0.05, 0) is 31.1 Å². The summed E-state index contributed by atoms with van der Waals surface area (Å²) in [4.78, 5) is 38.0. The van der Waals surface area contributed by atoms with Gasteiger partial charge in [-0.1, -0.05) is 279 Å². The summed E-state index contributed by atoms with van der Waals surface area (Å²) in [5.41, 5.74) is 0. The second-order valence-electron chi connectivity index (χ2n) is 20.1. The lowest BCUT2D eigenvalue weighted by Crippen LogP contribution is -2.30. The van der Waals surface area contributed by atoms with Gasteiger partial charge in [0, 0.05) is 19.3 Å². The molecule has 0 bridgehead atoms. The van der Waals surface area contributed by atoms with Gasteiger partial charge < -0.3 is 14.2 Å². The number of hydrogen-bond acceptors (Lipinski definition) is 6. The third kappa shape index (κ3) is 48.2. The predicted molar refractivity (Wildman–Crippen MR) is 270 cm³/mol. The van der Waals surface area contributed by atoms with Crippen LogP contribution in [0, 0.1) is 11.8 Å². The van der Waals surface area contributed by atoms with E-state index < -0.39 is 6.10 Å². The maximum atomic E-state index is 12.8. The van der Waals surface area contributed by atoms with E-state index in [0.29, 0.717) is 19.3 Å². The fourth-order valence-electron chi connectivity index (χ4n) is 8.63. The van der Waals surface area contributed by atoms with Crippen molar-refractivity contribution in [1.29, 1.82) is 0 Å². The molecule has 6 nitrogen and oxygen atoms in total. The Bertz CT molecular complexity index is 966. The Morgan fingerprint density at radius 1 is 0.317 bits per heavy atom. The lowest BCUT2D eigenvalue weighted by atomic mass is 9.99. The summed E-state index contributed by atoms with van der Waals surface area (Å²) in [6, 6.07) is 0. The molecule has 0 radical (unpaired) electrons. The van der Waals surface area contributed by atoms with Crippen molar-refractivity contribution >= 4 is 17.9 Å². The van der Waals surface area contributed by atoms with Crippen LogP contribution in [0.25, 0.3) is 0 Å². The van der Waals surface area contributed by atoms with Crippen LogP contribution in [0.2, 0.25) is 0 Å². The average molecular weight is 892 g/mol. The molecule has 0 amide bonds. The quantitative estimate of drug-likeness (QED) is 0.0344. The molecule has 0 aliphatic carbocycles. The van der Waals surface area contributed by atoms with E-state index in [1.165, 1.54) is 205 Å². The Kier molecular flexibility index (Phi) is 48.6. The lowest BCUT2D eigenvalue weighted by molar-refractivity contribution is -0.167. The first kappa shape index (κ1) is 61.4. The zero-order chi connectivity index (χ0) is 46.1. The van der Waals surface area contributed by atoms with Crippen molar-refractivity contribution in [3.63, 3.8) is 0 Å². The van der Waals surface area contributed by atoms with Gasteiger partial charge in [0.2, 0.25) is 0 Å². The molecule has 0 saturated carbocycles. The summed E-state index contributed by atoms with van der Waals surface area (Å²) < 4.78 is 16.9. The second kappa shape index (κ2) is 49.8. The van der Waals surface area contributed by atoms with E-state index >= 15 is 0 Å². The standard InChI is InChI=1S/C57H110O6/c1-6-9-10-11-12-13-14-15-16-17-18-23-26-29-32-39-44-49-57(60)63-54(51-62-56(59)48-43-38-34-33-36-41-46-53(5)8-3)50-61-55(58)47-42-37-31-28-25-22-20-19-21-24-27-30-35-40-45-52(4)7-2/h52-54H,6-51H2,1-5H3/t52?,53?,54-/m1/s1. The number of ether oxygens (including phenoxy) is 3. The van der Waals surface area contributed by atoms with Crippen molar-refractivity contribution in [2.24, 2.45) is 11.8 Å². The summed E-state index contributed by atoms with van der Waals surface area (Å²) >= 11 is 0. The molecular weight excluding hydrogens is 781 g/mol. The van der Waals surface area contributed by atoms with Crippen LogP contribution >= 0.6 is 0 Å². The molecule has 0 fully saturated rings. The molecule has 0 N–H and O–H groups in total. The number of esters is 3. The number of rotatable bonds is 51. The molecule has 0 aromatic heterocycles. The first-order chi connectivity index (χ1) is 30.8. The highest BCUT2D eigenvalue weighted by molar-refractivity contribution is 5.71. The zero-order valence-electron chi connectivity index (χ0n) is 43.2. The van der Waals surface area contributed by atoms with Gasteiger partial charge in [-0.25, -0.2) is 0 Å². The first-order valence-corrected chi connectivity index (χ1v) is 28.3. The summed E-state index contributed by atoms with van der Waals surface area (Å²) in [7, 11) is 0. The molecular formula is C57H110O6. The molecule has 2 unspecified atom stereocenters. The highest BCUT2D eigenvalue weighted by atomic mass is 16.6. The number of carbonyl (C=O) groups is 3. The van der Waals surface area contributed by atoms with Crippen LogP contribution < -0.4 is 0 Å². The maximum Gasteiger partial charge on any atom is 0.306 e. The van der Waals surface area contributed by atoms with Crippen molar-refractivity contribution in [2.45, 2.75) is 323 Å². The van der Waals surface area contributed by atoms with Gasteiger partial charge in [0.05, 0.1) is 0 Å². The van der Waals surface area contributed by atoms with Gasteiger partial charge in [0.15, 0.2) is 6.10 Å². The molecule has 0 aliphatic rings. The maximum absolute atomic E-state index is 12.8. The fourth-order valence-corrected chi connectivity index (χ4v) is 8.63. The molecule has 0 heterocycles. The summed E-state index contributed by atoms with van der Waals surface area (Å²) in [5, 5.41) is 0. The van der Waals surface area contributed by atoms with Crippen molar-refractivity contribution in [3.8, 4) is 0 Å². The largest absolute Gasteiger partial charge is 0.462 e. The molecule has 0 aromatic carbocycles. The molecule has 3 atom stereocenters. The van der Waals surface area contributed by atoms with Gasteiger partial charge in [0.25, 0.3) is 0 Å². The molecule has 63 heavy (non-hydrogen) atoms. The van der Waals surface area contributed by atoms with Crippen molar-refractivity contribution in [3.05, 3.63) is 0 Å². The number of hydrogen-bond donors (Lipinski definition) is 0. The second-order valence-corrected chi connectivity index (χ2v) is 20.1. The minimum Gasteiger partial charge on any atom is -0.462 e. The summed E-state index contributed by atoms with van der Waals surface area (Å²) in [6.45, 7) is 11.4. The highest BCUT2D eigenvalue weighted by Gasteiger charge is 2.19. The minimum absolute atomic E-state index is 0.0637. The molecule has 0 aliphatic heterocycles. The third-order valence-corrected chi connectivity index (χ3v) is 13.7. The first-order valence-electron chi connectivity index (χ1n) is 28.3. The Labute approximate surface area is 393 Å². The lowest BCUT2D eigenvalue weighted by Gasteiger charge is -2.18. The monoisotopic (exact) mass is 891 g/mol. The van der Waals surface area contributed by atoms with Gasteiger partial charge in [-0.3, -0.25) is 14.4 Å². The van der Waals surface area contributed by atoms with Crippen LogP contribution in [0.15, 0.2) is 0 Å². The molecule has 0 saturated heterocycles. The van der Waals surface area contributed by atoms with Crippen LogP contribution in [0.5, 0.6) is 0 Å². The van der Waals surface area contributed by atoms with E-state index in [0.717, 1.165) is 69.6 Å². The van der Waals surface area contributed by atoms with Crippen LogP contribution in [0.3, 0.4) is 0 Å². The normalized spacial score (nSPS) is 12.9. The highest BCUT2D eigenvalue weighted by Crippen LogP contribution is 2.19. The zero-order valence-corrected chi connectivity index (χ0v) is 43.2. The van der Waals surface area contributed by atoms with Gasteiger partial charge in [0.1, 0.15) is 13.2 Å². The van der Waals surface area contributed by atoms with Gasteiger partial charge in [-0.15, -0.1) is 0 Å². The predicted octanol–water partition coefficient (Wildman–Crippen LogP) is 18.5.